The first-order valence-corrected chi connectivity index (χ1v) is 8.62. The molecule has 5 nitrogen and oxygen atoms in total. The van der Waals surface area contributed by atoms with Crippen LogP contribution in [0.15, 0.2) is 35.5 Å². The minimum Gasteiger partial charge on any atom is -0.350 e. The average Bonchev–Trinajstić information content (AvgIpc) is 3.16. The number of aromatic nitrogens is 3. The van der Waals surface area contributed by atoms with Gasteiger partial charge >= 0.3 is 6.18 Å². The minimum absolute atomic E-state index is 0.292. The fraction of sp³-hybridized carbons (Fsp3) is 0.368. The molecule has 3 heterocycles. The maximum atomic E-state index is 13.2. The molecule has 4 rings (SSSR count). The summed E-state index contributed by atoms with van der Waals surface area (Å²) < 4.78 is 41.4. The number of hydrogen-bond donors (Lipinski definition) is 1. The van der Waals surface area contributed by atoms with Gasteiger partial charge in [-0.3, -0.25) is 4.68 Å². The Balaban J connectivity index is 1.93. The van der Waals surface area contributed by atoms with Crippen LogP contribution in [0.3, 0.4) is 0 Å². The Kier molecular flexibility index (Phi) is 3.66. The number of aliphatic imine (C=N–C) groups is 1. The highest BCUT2D eigenvalue weighted by Gasteiger charge is 2.37. The summed E-state index contributed by atoms with van der Waals surface area (Å²) in [5.74, 6) is 0.734. The van der Waals surface area contributed by atoms with Crippen molar-refractivity contribution in [3.8, 4) is 0 Å². The van der Waals surface area contributed by atoms with Crippen LogP contribution in [0, 0.1) is 0 Å². The maximum Gasteiger partial charge on any atom is 0.416 e. The molecule has 0 amide bonds. The van der Waals surface area contributed by atoms with Crippen molar-refractivity contribution in [2.24, 2.45) is 12.0 Å². The van der Waals surface area contributed by atoms with Crippen molar-refractivity contribution in [3.05, 3.63) is 41.7 Å². The van der Waals surface area contributed by atoms with Crippen LogP contribution < -0.4 is 4.90 Å². The second-order valence-electron chi connectivity index (χ2n) is 7.71. The Morgan fingerprint density at radius 1 is 1.11 bits per heavy atom. The number of alkyl halides is 3. The average molecular weight is 375 g/mol. The smallest absolute Gasteiger partial charge is 0.350 e. The van der Waals surface area contributed by atoms with E-state index in [1.54, 1.807) is 24.1 Å². The largest absolute Gasteiger partial charge is 0.416 e. The molecular formula is C19H20F3N5. The predicted octanol–water partition coefficient (Wildman–Crippen LogP) is 4.98. The van der Waals surface area contributed by atoms with E-state index in [1.165, 1.54) is 12.1 Å². The molecule has 0 radical (unpaired) electrons. The summed E-state index contributed by atoms with van der Waals surface area (Å²) in [5, 5.41) is 5.05. The highest BCUT2D eigenvalue weighted by atomic mass is 19.4. The van der Waals surface area contributed by atoms with Gasteiger partial charge in [0, 0.05) is 30.4 Å². The third-order valence-corrected chi connectivity index (χ3v) is 4.80. The van der Waals surface area contributed by atoms with Crippen LogP contribution in [0.4, 0.5) is 24.7 Å². The molecule has 1 atom stereocenters. The number of hydrogen-bond acceptors (Lipinski definition) is 3. The molecule has 27 heavy (non-hydrogen) atoms. The molecule has 1 unspecified atom stereocenters. The van der Waals surface area contributed by atoms with Crippen molar-refractivity contribution in [3.63, 3.8) is 0 Å². The van der Waals surface area contributed by atoms with Crippen LogP contribution in [-0.2, 0) is 13.2 Å². The van der Waals surface area contributed by atoms with E-state index in [4.69, 9.17) is 0 Å². The second kappa shape index (κ2) is 5.61. The number of anilines is 1. The number of H-pyrrole nitrogens is 1. The van der Waals surface area contributed by atoms with Crippen LogP contribution in [0.2, 0.25) is 0 Å². The number of nitrogens with zero attached hydrogens (tertiary/aromatic N) is 4. The van der Waals surface area contributed by atoms with Crippen molar-refractivity contribution in [1.29, 1.82) is 0 Å². The molecular weight excluding hydrogens is 355 g/mol. The lowest BCUT2D eigenvalue weighted by molar-refractivity contribution is -0.137. The number of aryl methyl sites for hydroxylation is 1. The standard InChI is InChI=1S/C19H20F3N5/c1-18(2,3)27-14-7-8-23-17(14)24-10-15(27)16-12-9-11(19(20,21)22)5-6-13(12)26(4)25-16/h5-10,15,23H,1-4H3. The fourth-order valence-electron chi connectivity index (χ4n) is 3.67. The first-order chi connectivity index (χ1) is 12.6. The number of nitrogens with one attached hydrogen (secondary N) is 1. The molecule has 1 aromatic carbocycles. The molecule has 0 spiro atoms. The molecule has 1 N–H and O–H groups in total. The molecule has 0 fully saturated rings. The van der Waals surface area contributed by atoms with E-state index in [2.05, 4.69) is 40.7 Å². The van der Waals surface area contributed by atoms with Crippen molar-refractivity contribution in [2.45, 2.75) is 38.5 Å². The summed E-state index contributed by atoms with van der Waals surface area (Å²) in [6.45, 7) is 6.17. The first-order valence-electron chi connectivity index (χ1n) is 8.62. The molecule has 142 valence electrons. The molecule has 1 aliphatic rings. The summed E-state index contributed by atoms with van der Waals surface area (Å²) in [7, 11) is 1.74. The summed E-state index contributed by atoms with van der Waals surface area (Å²) in [5.41, 5.74) is 1.14. The zero-order valence-corrected chi connectivity index (χ0v) is 15.5. The zero-order chi connectivity index (χ0) is 19.6. The number of benzene rings is 1. The van der Waals surface area contributed by atoms with Gasteiger partial charge in [-0.1, -0.05) is 0 Å². The lowest BCUT2D eigenvalue weighted by Crippen LogP contribution is -2.45. The van der Waals surface area contributed by atoms with E-state index >= 15 is 0 Å². The van der Waals surface area contributed by atoms with Crippen molar-refractivity contribution < 1.29 is 13.2 Å². The second-order valence-corrected chi connectivity index (χ2v) is 7.71. The lowest BCUT2D eigenvalue weighted by atomic mass is 9.97. The van der Waals surface area contributed by atoms with Crippen LogP contribution in [0.5, 0.6) is 0 Å². The SMILES string of the molecule is Cn1nc(C2C=Nc3[nH]ccc3N2C(C)(C)C)c2cc(C(F)(F)F)ccc21. The van der Waals surface area contributed by atoms with E-state index in [1.807, 2.05) is 6.07 Å². The van der Waals surface area contributed by atoms with Gasteiger partial charge in [0.05, 0.1) is 22.5 Å². The van der Waals surface area contributed by atoms with Crippen molar-refractivity contribution in [2.75, 3.05) is 4.90 Å². The minimum atomic E-state index is -4.40. The molecule has 0 saturated carbocycles. The summed E-state index contributed by atoms with van der Waals surface area (Å²) in [4.78, 5) is 9.69. The monoisotopic (exact) mass is 375 g/mol. The normalized spacial score (nSPS) is 17.6. The Hall–Kier alpha value is -2.77. The molecule has 1 aliphatic heterocycles. The number of aromatic amines is 1. The van der Waals surface area contributed by atoms with Crippen LogP contribution in [0.25, 0.3) is 10.9 Å². The molecule has 0 saturated heterocycles. The molecule has 2 aromatic heterocycles. The highest BCUT2D eigenvalue weighted by molar-refractivity contribution is 5.91. The lowest BCUT2D eigenvalue weighted by Gasteiger charge is -2.42. The van der Waals surface area contributed by atoms with Gasteiger partial charge in [-0.15, -0.1) is 0 Å². The van der Waals surface area contributed by atoms with Crippen molar-refractivity contribution >= 4 is 28.6 Å². The van der Waals surface area contributed by atoms with E-state index in [0.29, 0.717) is 16.6 Å². The van der Waals surface area contributed by atoms with Gasteiger partial charge < -0.3 is 9.88 Å². The quantitative estimate of drug-likeness (QED) is 0.652. The van der Waals surface area contributed by atoms with E-state index < -0.39 is 11.7 Å². The Morgan fingerprint density at radius 2 is 1.85 bits per heavy atom. The van der Waals surface area contributed by atoms with Crippen LogP contribution in [-0.4, -0.2) is 26.5 Å². The zero-order valence-electron chi connectivity index (χ0n) is 15.5. The highest BCUT2D eigenvalue weighted by Crippen LogP contribution is 2.43. The summed E-state index contributed by atoms with van der Waals surface area (Å²) >= 11 is 0. The van der Waals surface area contributed by atoms with Crippen molar-refractivity contribution in [1.82, 2.24) is 14.8 Å². The van der Waals surface area contributed by atoms with E-state index in [9.17, 15) is 13.2 Å². The first kappa shape index (κ1) is 17.6. The summed E-state index contributed by atoms with van der Waals surface area (Å²) in [6, 6.07) is 5.29. The number of rotatable bonds is 1. The topological polar surface area (TPSA) is 49.2 Å². The van der Waals surface area contributed by atoms with Gasteiger partial charge in [-0.25, -0.2) is 4.99 Å². The number of fused-ring (bicyclic) bond motifs is 2. The Morgan fingerprint density at radius 3 is 2.52 bits per heavy atom. The number of halogens is 3. The fourth-order valence-corrected chi connectivity index (χ4v) is 3.67. The van der Waals surface area contributed by atoms with Crippen LogP contribution >= 0.6 is 0 Å². The molecule has 0 aliphatic carbocycles. The van der Waals surface area contributed by atoms with Gasteiger partial charge in [0.25, 0.3) is 0 Å². The summed E-state index contributed by atoms with van der Waals surface area (Å²) in [6.07, 6.45) is -0.854. The maximum absolute atomic E-state index is 13.2. The molecule has 3 aromatic rings. The van der Waals surface area contributed by atoms with Gasteiger partial charge in [0.1, 0.15) is 6.04 Å². The molecule has 8 heteroatoms. The van der Waals surface area contributed by atoms with Gasteiger partial charge in [-0.2, -0.15) is 18.3 Å². The Bertz CT molecular complexity index is 1040. The van der Waals surface area contributed by atoms with Gasteiger partial charge in [-0.05, 0) is 45.0 Å². The van der Waals surface area contributed by atoms with E-state index in [0.717, 1.165) is 17.6 Å². The van der Waals surface area contributed by atoms with E-state index in [-0.39, 0.29) is 11.6 Å². The predicted molar refractivity (Wildman–Crippen MR) is 99.6 cm³/mol. The third kappa shape index (κ3) is 2.79. The van der Waals surface area contributed by atoms with Gasteiger partial charge in [0.2, 0.25) is 0 Å². The van der Waals surface area contributed by atoms with Crippen LogP contribution in [0.1, 0.15) is 38.1 Å². The third-order valence-electron chi connectivity index (χ3n) is 4.80. The van der Waals surface area contributed by atoms with Gasteiger partial charge in [0.15, 0.2) is 5.82 Å². The Labute approximate surface area is 154 Å². The molecule has 0 bridgehead atoms.